The van der Waals surface area contributed by atoms with E-state index in [4.69, 9.17) is 0 Å². The summed E-state index contributed by atoms with van der Waals surface area (Å²) in [6, 6.07) is 2.67. The first-order chi connectivity index (χ1) is 6.61. The summed E-state index contributed by atoms with van der Waals surface area (Å²) >= 11 is 0. The Morgan fingerprint density at radius 1 is 1.29 bits per heavy atom. The molecule has 2 nitrogen and oxygen atoms in total. The minimum Gasteiger partial charge on any atom is -0.281 e. The molecule has 0 aliphatic carbocycles. The highest BCUT2D eigenvalue weighted by molar-refractivity contribution is 5.82. The van der Waals surface area contributed by atoms with Crippen LogP contribution < -0.4 is 0 Å². The Bertz CT molecular complexity index is 474. The van der Waals surface area contributed by atoms with E-state index in [1.54, 1.807) is 6.07 Å². The van der Waals surface area contributed by atoms with E-state index in [1.165, 1.54) is 0 Å². The molecule has 1 aromatic carbocycles. The van der Waals surface area contributed by atoms with E-state index >= 15 is 0 Å². The number of benzene rings is 1. The summed E-state index contributed by atoms with van der Waals surface area (Å²) in [5, 5.41) is 7.14. The molecule has 0 aliphatic heterocycles. The highest BCUT2D eigenvalue weighted by Crippen LogP contribution is 2.25. The van der Waals surface area contributed by atoms with Crippen molar-refractivity contribution in [1.82, 2.24) is 10.2 Å². The molecule has 1 aromatic heterocycles. The Kier molecular flexibility index (Phi) is 1.98. The van der Waals surface area contributed by atoms with Crippen LogP contribution in [0.3, 0.4) is 0 Å². The molecule has 74 valence electrons. The number of nitrogens with one attached hydrogen (secondary N) is 1. The van der Waals surface area contributed by atoms with E-state index in [0.29, 0.717) is 5.39 Å². The highest BCUT2D eigenvalue weighted by atomic mass is 19.2. The van der Waals surface area contributed by atoms with E-state index in [9.17, 15) is 8.78 Å². The average Bonchev–Trinajstić information content (AvgIpc) is 2.55. The van der Waals surface area contributed by atoms with Gasteiger partial charge in [-0.3, -0.25) is 5.10 Å². The lowest BCUT2D eigenvalue weighted by Gasteiger charge is -2.00. The van der Waals surface area contributed by atoms with Crippen LogP contribution in [0.2, 0.25) is 0 Å². The van der Waals surface area contributed by atoms with Gasteiger partial charge >= 0.3 is 0 Å². The minimum absolute atomic E-state index is 0.0775. The van der Waals surface area contributed by atoms with Gasteiger partial charge in [-0.2, -0.15) is 5.10 Å². The first-order valence-corrected chi connectivity index (χ1v) is 4.43. The van der Waals surface area contributed by atoms with Crippen molar-refractivity contribution in [2.45, 2.75) is 19.8 Å². The first-order valence-electron chi connectivity index (χ1n) is 4.43. The average molecular weight is 196 g/mol. The summed E-state index contributed by atoms with van der Waals surface area (Å²) in [6.45, 7) is 3.93. The number of hydrogen-bond acceptors (Lipinski definition) is 1. The van der Waals surface area contributed by atoms with Crippen LogP contribution in [0.1, 0.15) is 25.5 Å². The lowest BCUT2D eigenvalue weighted by Crippen LogP contribution is -1.88. The van der Waals surface area contributed by atoms with E-state index < -0.39 is 11.6 Å². The Balaban J connectivity index is 2.77. The maximum absolute atomic E-state index is 13.2. The van der Waals surface area contributed by atoms with Crippen molar-refractivity contribution >= 4 is 10.9 Å². The Morgan fingerprint density at radius 3 is 2.64 bits per heavy atom. The van der Waals surface area contributed by atoms with E-state index in [1.807, 2.05) is 13.8 Å². The van der Waals surface area contributed by atoms with Gasteiger partial charge in [0.25, 0.3) is 0 Å². The van der Waals surface area contributed by atoms with Gasteiger partial charge in [-0.05, 0) is 18.1 Å². The third-order valence-electron chi connectivity index (χ3n) is 2.22. The normalized spacial score (nSPS) is 11.5. The van der Waals surface area contributed by atoms with Crippen molar-refractivity contribution in [2.75, 3.05) is 0 Å². The molecule has 0 spiro atoms. The molecular weight excluding hydrogens is 186 g/mol. The van der Waals surface area contributed by atoms with Gasteiger partial charge in [0.1, 0.15) is 5.52 Å². The molecule has 1 heterocycles. The maximum Gasteiger partial charge on any atom is 0.186 e. The van der Waals surface area contributed by atoms with Gasteiger partial charge in [0, 0.05) is 11.1 Å². The molecule has 0 atom stereocenters. The zero-order valence-corrected chi connectivity index (χ0v) is 7.94. The quantitative estimate of drug-likeness (QED) is 0.746. The molecule has 0 unspecified atom stereocenters. The van der Waals surface area contributed by atoms with Crippen molar-refractivity contribution in [2.24, 2.45) is 0 Å². The Labute approximate surface area is 79.9 Å². The van der Waals surface area contributed by atoms with Crippen LogP contribution >= 0.6 is 0 Å². The third kappa shape index (κ3) is 1.18. The summed E-state index contributed by atoms with van der Waals surface area (Å²) in [5.41, 5.74) is 0.910. The maximum atomic E-state index is 13.2. The fraction of sp³-hybridized carbons (Fsp3) is 0.300. The SMILES string of the molecule is CC(C)c1[nH]nc2c(F)c(F)ccc12. The molecule has 0 bridgehead atoms. The van der Waals surface area contributed by atoms with E-state index in [0.717, 1.165) is 11.8 Å². The predicted molar refractivity (Wildman–Crippen MR) is 50.1 cm³/mol. The number of H-pyrrole nitrogens is 1. The number of halogens is 2. The highest BCUT2D eigenvalue weighted by Gasteiger charge is 2.14. The number of aromatic nitrogens is 2. The summed E-state index contributed by atoms with van der Waals surface area (Å²) in [5.74, 6) is -1.53. The second-order valence-corrected chi connectivity index (χ2v) is 3.55. The molecule has 2 rings (SSSR count). The second kappa shape index (κ2) is 3.04. The Morgan fingerprint density at radius 2 is 2.00 bits per heavy atom. The van der Waals surface area contributed by atoms with Gasteiger partial charge < -0.3 is 0 Å². The van der Waals surface area contributed by atoms with Crippen molar-refractivity contribution in [1.29, 1.82) is 0 Å². The molecule has 2 aromatic rings. The molecule has 1 N–H and O–H groups in total. The number of hydrogen-bond donors (Lipinski definition) is 1. The van der Waals surface area contributed by atoms with Crippen molar-refractivity contribution in [3.05, 3.63) is 29.5 Å². The van der Waals surface area contributed by atoms with Gasteiger partial charge in [-0.1, -0.05) is 13.8 Å². The lowest BCUT2D eigenvalue weighted by molar-refractivity contribution is 0.515. The van der Waals surface area contributed by atoms with Crippen LogP contribution in [0.25, 0.3) is 10.9 Å². The van der Waals surface area contributed by atoms with Crippen LogP contribution in [0.15, 0.2) is 12.1 Å². The topological polar surface area (TPSA) is 28.7 Å². The molecule has 14 heavy (non-hydrogen) atoms. The largest absolute Gasteiger partial charge is 0.281 e. The summed E-state index contributed by atoms with van der Waals surface area (Å²) in [4.78, 5) is 0. The smallest absolute Gasteiger partial charge is 0.186 e. The first kappa shape index (κ1) is 9.12. The molecule has 0 radical (unpaired) electrons. The third-order valence-corrected chi connectivity index (χ3v) is 2.22. The van der Waals surface area contributed by atoms with Crippen LogP contribution in [0.4, 0.5) is 8.78 Å². The van der Waals surface area contributed by atoms with Gasteiger partial charge in [-0.15, -0.1) is 0 Å². The monoisotopic (exact) mass is 196 g/mol. The van der Waals surface area contributed by atoms with Gasteiger partial charge in [0.15, 0.2) is 11.6 Å². The van der Waals surface area contributed by atoms with Crippen molar-refractivity contribution in [3.63, 3.8) is 0 Å². The summed E-state index contributed by atoms with van der Waals surface area (Å²) < 4.78 is 26.0. The number of rotatable bonds is 1. The van der Waals surface area contributed by atoms with Crippen molar-refractivity contribution < 1.29 is 8.78 Å². The molecule has 0 fully saturated rings. The minimum atomic E-state index is -0.884. The molecule has 0 saturated heterocycles. The molecule has 0 aliphatic rings. The zero-order chi connectivity index (χ0) is 10.3. The number of aromatic amines is 1. The fourth-order valence-electron chi connectivity index (χ4n) is 1.48. The van der Waals surface area contributed by atoms with Crippen molar-refractivity contribution in [3.8, 4) is 0 Å². The summed E-state index contributed by atoms with van der Waals surface area (Å²) in [7, 11) is 0. The van der Waals surface area contributed by atoms with Crippen LogP contribution in [-0.4, -0.2) is 10.2 Å². The number of fused-ring (bicyclic) bond motifs is 1. The second-order valence-electron chi connectivity index (χ2n) is 3.55. The Hall–Kier alpha value is -1.45. The van der Waals surface area contributed by atoms with Gasteiger partial charge in [0.05, 0.1) is 0 Å². The van der Waals surface area contributed by atoms with Crippen LogP contribution in [0, 0.1) is 11.6 Å². The summed E-state index contributed by atoms with van der Waals surface area (Å²) in [6.07, 6.45) is 0. The standard InChI is InChI=1S/C10H10F2N2/c1-5(2)9-6-3-4-7(11)8(12)10(6)14-13-9/h3-5H,1-2H3,(H,13,14). The molecule has 0 amide bonds. The fourth-order valence-corrected chi connectivity index (χ4v) is 1.48. The van der Waals surface area contributed by atoms with Gasteiger partial charge in [0.2, 0.25) is 0 Å². The lowest BCUT2D eigenvalue weighted by atomic mass is 10.1. The van der Waals surface area contributed by atoms with Gasteiger partial charge in [-0.25, -0.2) is 8.78 Å². The van der Waals surface area contributed by atoms with E-state index in [2.05, 4.69) is 10.2 Å². The molecule has 4 heteroatoms. The van der Waals surface area contributed by atoms with E-state index in [-0.39, 0.29) is 11.4 Å². The molecular formula is C10H10F2N2. The number of nitrogens with zero attached hydrogens (tertiary/aromatic N) is 1. The zero-order valence-electron chi connectivity index (χ0n) is 7.94. The molecule has 0 saturated carbocycles. The van der Waals surface area contributed by atoms with Crippen LogP contribution in [0.5, 0.6) is 0 Å². The van der Waals surface area contributed by atoms with Crippen LogP contribution in [-0.2, 0) is 0 Å². The predicted octanol–water partition coefficient (Wildman–Crippen LogP) is 2.96.